The van der Waals surface area contributed by atoms with Crippen LogP contribution >= 0.6 is 0 Å². The average Bonchev–Trinajstić information content (AvgIpc) is 2.75. The highest BCUT2D eigenvalue weighted by molar-refractivity contribution is 7.89. The third-order valence-electron chi connectivity index (χ3n) is 4.73. The van der Waals surface area contributed by atoms with Crippen LogP contribution in [-0.2, 0) is 14.8 Å². The quantitative estimate of drug-likeness (QED) is 0.762. The number of nitrogens with one attached hydrogen (secondary N) is 1. The van der Waals surface area contributed by atoms with Gasteiger partial charge in [0.05, 0.1) is 36.9 Å². The predicted octanol–water partition coefficient (Wildman–Crippen LogP) is 1.92. The van der Waals surface area contributed by atoms with Gasteiger partial charge in [-0.25, -0.2) is 13.1 Å². The molecule has 0 radical (unpaired) electrons. The Labute approximate surface area is 165 Å². The predicted molar refractivity (Wildman–Crippen MR) is 104 cm³/mol. The van der Waals surface area contributed by atoms with E-state index >= 15 is 0 Å². The summed E-state index contributed by atoms with van der Waals surface area (Å²) >= 11 is 0. The number of nitriles is 1. The van der Waals surface area contributed by atoms with Gasteiger partial charge in [-0.2, -0.15) is 5.26 Å². The molecule has 0 bridgehead atoms. The molecule has 1 unspecified atom stereocenters. The topological polar surface area (TPSA) is 91.7 Å². The van der Waals surface area contributed by atoms with Gasteiger partial charge in [0.1, 0.15) is 5.75 Å². The van der Waals surface area contributed by atoms with Crippen LogP contribution in [0, 0.1) is 11.3 Å². The van der Waals surface area contributed by atoms with E-state index in [2.05, 4.69) is 9.62 Å². The van der Waals surface area contributed by atoms with Crippen LogP contribution in [0.2, 0.25) is 0 Å². The first kappa shape index (κ1) is 20.3. The highest BCUT2D eigenvalue weighted by Gasteiger charge is 2.25. The Morgan fingerprint density at radius 1 is 1.21 bits per heavy atom. The Kier molecular flexibility index (Phi) is 6.65. The zero-order valence-electron chi connectivity index (χ0n) is 15.7. The third kappa shape index (κ3) is 4.88. The van der Waals surface area contributed by atoms with Crippen LogP contribution in [0.15, 0.2) is 53.4 Å². The molecular weight excluding hydrogens is 378 g/mol. The van der Waals surface area contributed by atoms with Crippen molar-refractivity contribution in [3.05, 3.63) is 59.7 Å². The molecule has 1 aliphatic heterocycles. The Hall–Kier alpha value is -2.44. The molecule has 8 heteroatoms. The van der Waals surface area contributed by atoms with Crippen molar-refractivity contribution in [1.29, 1.82) is 5.26 Å². The molecule has 1 atom stereocenters. The van der Waals surface area contributed by atoms with E-state index in [1.807, 2.05) is 30.3 Å². The van der Waals surface area contributed by atoms with Crippen LogP contribution in [0.4, 0.5) is 0 Å². The van der Waals surface area contributed by atoms with E-state index in [4.69, 9.17) is 14.7 Å². The van der Waals surface area contributed by atoms with Crippen molar-refractivity contribution in [3.63, 3.8) is 0 Å². The average molecular weight is 401 g/mol. The van der Waals surface area contributed by atoms with Gasteiger partial charge in [0.2, 0.25) is 10.0 Å². The summed E-state index contributed by atoms with van der Waals surface area (Å²) in [5.74, 6) is 0.748. The van der Waals surface area contributed by atoms with Gasteiger partial charge in [0.15, 0.2) is 0 Å². The van der Waals surface area contributed by atoms with Crippen molar-refractivity contribution in [3.8, 4) is 11.8 Å². The summed E-state index contributed by atoms with van der Waals surface area (Å²) in [5, 5.41) is 9.01. The van der Waals surface area contributed by atoms with Crippen molar-refractivity contribution in [1.82, 2.24) is 9.62 Å². The molecule has 0 spiro atoms. The van der Waals surface area contributed by atoms with E-state index in [1.165, 1.54) is 12.1 Å². The van der Waals surface area contributed by atoms with Gasteiger partial charge in [-0.1, -0.05) is 18.2 Å². The normalized spacial score (nSPS) is 16.3. The molecule has 0 saturated carbocycles. The number of sulfonamides is 1. The van der Waals surface area contributed by atoms with Crippen molar-refractivity contribution in [2.24, 2.45) is 0 Å². The number of benzene rings is 2. The summed E-state index contributed by atoms with van der Waals surface area (Å²) in [6.07, 6.45) is 0. The van der Waals surface area contributed by atoms with Crippen molar-refractivity contribution >= 4 is 10.0 Å². The van der Waals surface area contributed by atoms with Crippen molar-refractivity contribution in [2.45, 2.75) is 10.9 Å². The number of morpholine rings is 1. The van der Waals surface area contributed by atoms with Gasteiger partial charge in [-0.15, -0.1) is 0 Å². The van der Waals surface area contributed by atoms with Gasteiger partial charge in [0.25, 0.3) is 0 Å². The molecule has 1 heterocycles. The van der Waals surface area contributed by atoms with Crippen LogP contribution in [0.25, 0.3) is 0 Å². The monoisotopic (exact) mass is 401 g/mol. The lowest BCUT2D eigenvalue weighted by atomic mass is 10.0. The molecule has 1 fully saturated rings. The van der Waals surface area contributed by atoms with Crippen molar-refractivity contribution in [2.75, 3.05) is 40.0 Å². The van der Waals surface area contributed by atoms with Gasteiger partial charge in [-0.05, 0) is 35.9 Å². The molecule has 28 heavy (non-hydrogen) atoms. The first-order valence-corrected chi connectivity index (χ1v) is 10.5. The number of rotatable bonds is 7. The fourth-order valence-electron chi connectivity index (χ4n) is 3.18. The third-order valence-corrected chi connectivity index (χ3v) is 6.15. The first-order valence-electron chi connectivity index (χ1n) is 8.99. The number of ether oxygens (including phenoxy) is 2. The molecule has 7 nitrogen and oxygen atoms in total. The molecular formula is C20H23N3O4S. The molecule has 1 saturated heterocycles. The zero-order valence-corrected chi connectivity index (χ0v) is 16.5. The largest absolute Gasteiger partial charge is 0.497 e. The molecule has 1 aliphatic rings. The number of hydrogen-bond acceptors (Lipinski definition) is 6. The minimum absolute atomic E-state index is 0.0852. The molecule has 3 rings (SSSR count). The maximum Gasteiger partial charge on any atom is 0.240 e. The van der Waals surface area contributed by atoms with E-state index in [-0.39, 0.29) is 17.5 Å². The Balaban J connectivity index is 1.81. The standard InChI is InChI=1S/C20H23N3O4S/c1-26-18-7-5-17(6-8-18)20(23-9-11-27-12-10-23)15-22-28(24,25)19-4-2-3-16(13-19)14-21/h2-8,13,20,22H,9-12,15H2,1H3. The summed E-state index contributed by atoms with van der Waals surface area (Å²) in [6, 6.07) is 15.5. The molecule has 0 amide bonds. The van der Waals surface area contributed by atoms with Crippen LogP contribution < -0.4 is 9.46 Å². The van der Waals surface area contributed by atoms with Crippen LogP contribution in [0.1, 0.15) is 17.2 Å². The lowest BCUT2D eigenvalue weighted by Gasteiger charge is -2.35. The lowest BCUT2D eigenvalue weighted by Crippen LogP contribution is -2.43. The maximum atomic E-state index is 12.7. The van der Waals surface area contributed by atoms with E-state index in [9.17, 15) is 8.42 Å². The molecule has 2 aromatic carbocycles. The van der Waals surface area contributed by atoms with E-state index in [1.54, 1.807) is 19.2 Å². The second-order valence-corrected chi connectivity index (χ2v) is 8.20. The summed E-state index contributed by atoms with van der Waals surface area (Å²) in [5.41, 5.74) is 1.30. The molecule has 148 valence electrons. The number of hydrogen-bond donors (Lipinski definition) is 1. The Morgan fingerprint density at radius 3 is 2.57 bits per heavy atom. The van der Waals surface area contributed by atoms with Crippen LogP contribution in [-0.4, -0.2) is 53.3 Å². The number of methoxy groups -OCH3 is 1. The number of nitrogens with zero attached hydrogens (tertiary/aromatic N) is 2. The SMILES string of the molecule is COc1ccc(C(CNS(=O)(=O)c2cccc(C#N)c2)N2CCOCC2)cc1. The molecule has 1 N–H and O–H groups in total. The summed E-state index contributed by atoms with van der Waals surface area (Å²) in [6.45, 7) is 2.89. The first-order chi connectivity index (χ1) is 13.5. The second-order valence-electron chi connectivity index (χ2n) is 6.43. The maximum absolute atomic E-state index is 12.7. The summed E-state index contributed by atoms with van der Waals surface area (Å²) in [7, 11) is -2.12. The van der Waals surface area contributed by atoms with Gasteiger partial charge < -0.3 is 9.47 Å². The summed E-state index contributed by atoms with van der Waals surface area (Å²) < 4.78 is 38.8. The molecule has 2 aromatic rings. The van der Waals surface area contributed by atoms with E-state index in [0.717, 1.165) is 24.4 Å². The van der Waals surface area contributed by atoms with Gasteiger partial charge in [-0.3, -0.25) is 4.90 Å². The van der Waals surface area contributed by atoms with Gasteiger partial charge >= 0.3 is 0 Å². The minimum Gasteiger partial charge on any atom is -0.497 e. The fourth-order valence-corrected chi connectivity index (χ4v) is 4.26. The Morgan fingerprint density at radius 2 is 1.93 bits per heavy atom. The molecule has 0 aromatic heterocycles. The smallest absolute Gasteiger partial charge is 0.240 e. The second kappa shape index (κ2) is 9.17. The highest BCUT2D eigenvalue weighted by atomic mass is 32.2. The van der Waals surface area contributed by atoms with Crippen molar-refractivity contribution < 1.29 is 17.9 Å². The fraction of sp³-hybridized carbons (Fsp3) is 0.350. The highest BCUT2D eigenvalue weighted by Crippen LogP contribution is 2.24. The molecule has 0 aliphatic carbocycles. The van der Waals surface area contributed by atoms with Crippen LogP contribution in [0.5, 0.6) is 5.75 Å². The summed E-state index contributed by atoms with van der Waals surface area (Å²) in [4.78, 5) is 2.29. The minimum atomic E-state index is -3.73. The lowest BCUT2D eigenvalue weighted by molar-refractivity contribution is 0.0172. The van der Waals surface area contributed by atoms with E-state index < -0.39 is 10.0 Å². The van der Waals surface area contributed by atoms with Crippen LogP contribution in [0.3, 0.4) is 0 Å². The Bertz CT molecular complexity index is 933. The zero-order chi connectivity index (χ0) is 20.0. The van der Waals surface area contributed by atoms with E-state index in [0.29, 0.717) is 18.8 Å². The van der Waals surface area contributed by atoms with Gasteiger partial charge in [0, 0.05) is 25.7 Å².